The maximum absolute atomic E-state index is 13.3. The predicted octanol–water partition coefficient (Wildman–Crippen LogP) is 2.25. The second-order valence-electron chi connectivity index (χ2n) is 3.48. The maximum atomic E-state index is 13.3. The van der Waals surface area contributed by atoms with Crippen LogP contribution in [-0.2, 0) is 0 Å². The predicted molar refractivity (Wildman–Crippen MR) is 57.6 cm³/mol. The smallest absolute Gasteiger partial charge is 0.262 e. The van der Waals surface area contributed by atoms with Gasteiger partial charge in [0.1, 0.15) is 23.0 Å². The average Bonchev–Trinajstić information content (AvgIpc) is 2.64. The Hall–Kier alpha value is -2.24. The van der Waals surface area contributed by atoms with E-state index in [1.54, 1.807) is 6.92 Å². The van der Waals surface area contributed by atoms with Gasteiger partial charge >= 0.3 is 0 Å². The number of aromatic nitrogens is 2. The summed E-state index contributed by atoms with van der Waals surface area (Å²) in [6.45, 7) is 1.71. The molecule has 4 nitrogen and oxygen atoms in total. The number of carbonyl (C=O) groups excluding carboxylic acids is 1. The average molecular weight is 237 g/mol. The molecule has 17 heavy (non-hydrogen) atoms. The van der Waals surface area contributed by atoms with Crippen molar-refractivity contribution in [3.05, 3.63) is 47.2 Å². The maximum Gasteiger partial charge on any atom is 0.262 e. The number of nitrogens with one attached hydrogen (secondary N) is 2. The normalized spacial score (nSPS) is 10.3. The lowest BCUT2D eigenvalue weighted by Gasteiger charge is -2.05. The van der Waals surface area contributed by atoms with Crippen LogP contribution in [0.25, 0.3) is 0 Å². The number of hydrogen-bond acceptors (Lipinski definition) is 2. The minimum atomic E-state index is -0.903. The zero-order valence-corrected chi connectivity index (χ0v) is 8.92. The summed E-state index contributed by atoms with van der Waals surface area (Å²) in [7, 11) is 0. The highest BCUT2D eigenvalue weighted by molar-refractivity contribution is 6.04. The molecule has 0 aliphatic rings. The fourth-order valence-corrected chi connectivity index (χ4v) is 1.36. The van der Waals surface area contributed by atoms with Gasteiger partial charge in [-0.25, -0.2) is 8.78 Å². The molecule has 0 spiro atoms. The van der Waals surface area contributed by atoms with E-state index in [1.165, 1.54) is 12.3 Å². The van der Waals surface area contributed by atoms with Crippen molar-refractivity contribution in [1.29, 1.82) is 0 Å². The van der Waals surface area contributed by atoms with Crippen molar-refractivity contribution < 1.29 is 13.6 Å². The fourth-order valence-electron chi connectivity index (χ4n) is 1.36. The van der Waals surface area contributed by atoms with Gasteiger partial charge in [-0.05, 0) is 19.1 Å². The molecule has 2 N–H and O–H groups in total. The molecule has 0 radical (unpaired) electrons. The van der Waals surface area contributed by atoms with Crippen LogP contribution in [0.5, 0.6) is 0 Å². The first-order chi connectivity index (χ1) is 8.09. The number of amides is 1. The van der Waals surface area contributed by atoms with E-state index in [0.717, 1.165) is 12.1 Å². The largest absolute Gasteiger partial charge is 0.307 e. The Morgan fingerprint density at radius 2 is 2.00 bits per heavy atom. The van der Waals surface area contributed by atoms with Crippen molar-refractivity contribution >= 4 is 11.7 Å². The van der Waals surface area contributed by atoms with Crippen molar-refractivity contribution in [2.75, 3.05) is 5.32 Å². The van der Waals surface area contributed by atoms with Gasteiger partial charge in [0.15, 0.2) is 0 Å². The van der Waals surface area contributed by atoms with Crippen LogP contribution in [0.2, 0.25) is 0 Å². The van der Waals surface area contributed by atoms with Gasteiger partial charge in [0, 0.05) is 5.56 Å². The van der Waals surface area contributed by atoms with Crippen LogP contribution < -0.4 is 5.32 Å². The summed E-state index contributed by atoms with van der Waals surface area (Å²) >= 11 is 0. The molecule has 1 aromatic heterocycles. The number of benzene rings is 1. The van der Waals surface area contributed by atoms with Gasteiger partial charge in [-0.2, -0.15) is 5.10 Å². The molecule has 6 heteroatoms. The van der Waals surface area contributed by atoms with E-state index in [0.29, 0.717) is 11.4 Å². The molecule has 0 unspecified atom stereocenters. The topological polar surface area (TPSA) is 57.8 Å². The molecule has 2 aromatic rings. The van der Waals surface area contributed by atoms with Gasteiger partial charge in [-0.1, -0.05) is 6.07 Å². The lowest BCUT2D eigenvalue weighted by Crippen LogP contribution is -2.16. The Morgan fingerprint density at radius 1 is 1.35 bits per heavy atom. The molecule has 1 aromatic carbocycles. The number of aromatic amines is 1. The van der Waals surface area contributed by atoms with Crippen LogP contribution in [0.15, 0.2) is 24.4 Å². The molecule has 1 amide bonds. The van der Waals surface area contributed by atoms with Gasteiger partial charge in [0.25, 0.3) is 5.91 Å². The van der Waals surface area contributed by atoms with Crippen LogP contribution in [-0.4, -0.2) is 16.1 Å². The Bertz CT molecular complexity index is 545. The zero-order valence-electron chi connectivity index (χ0n) is 8.92. The van der Waals surface area contributed by atoms with E-state index < -0.39 is 23.1 Å². The van der Waals surface area contributed by atoms with Crippen LogP contribution >= 0.6 is 0 Å². The molecule has 0 aliphatic carbocycles. The van der Waals surface area contributed by atoms with Crippen LogP contribution in [0.4, 0.5) is 14.6 Å². The highest BCUT2D eigenvalue weighted by Crippen LogP contribution is 2.15. The third kappa shape index (κ3) is 2.15. The Morgan fingerprint density at radius 3 is 2.53 bits per heavy atom. The van der Waals surface area contributed by atoms with E-state index in [4.69, 9.17) is 0 Å². The minimum Gasteiger partial charge on any atom is -0.307 e. The summed E-state index contributed by atoms with van der Waals surface area (Å²) in [5, 5.41) is 8.56. The van der Waals surface area contributed by atoms with Gasteiger partial charge < -0.3 is 5.32 Å². The van der Waals surface area contributed by atoms with E-state index in [9.17, 15) is 13.6 Å². The number of nitrogens with zero attached hydrogens (tertiary/aromatic N) is 1. The van der Waals surface area contributed by atoms with E-state index in [1.807, 2.05) is 0 Å². The Balaban J connectivity index is 2.30. The molecule has 0 bridgehead atoms. The minimum absolute atomic E-state index is 0.317. The summed E-state index contributed by atoms with van der Waals surface area (Å²) in [4.78, 5) is 11.7. The van der Waals surface area contributed by atoms with Crippen molar-refractivity contribution in [1.82, 2.24) is 10.2 Å². The van der Waals surface area contributed by atoms with E-state index in [-0.39, 0.29) is 0 Å². The molecule has 0 fully saturated rings. The van der Waals surface area contributed by atoms with E-state index in [2.05, 4.69) is 15.5 Å². The first-order valence-corrected chi connectivity index (χ1v) is 4.85. The first kappa shape index (κ1) is 11.3. The second-order valence-corrected chi connectivity index (χ2v) is 3.48. The monoisotopic (exact) mass is 237 g/mol. The molecular formula is C11H9F2N3O. The zero-order chi connectivity index (χ0) is 12.4. The quantitative estimate of drug-likeness (QED) is 0.841. The number of carbonyl (C=O) groups is 1. The SMILES string of the molecule is Cc1cn[nH]c1NC(=O)c1c(F)cccc1F. The molecular weight excluding hydrogens is 228 g/mol. The number of aryl methyl sites for hydroxylation is 1. The Kier molecular flexibility index (Phi) is 2.86. The third-order valence-electron chi connectivity index (χ3n) is 2.26. The number of hydrogen-bond donors (Lipinski definition) is 2. The van der Waals surface area contributed by atoms with Gasteiger partial charge in [0.2, 0.25) is 0 Å². The van der Waals surface area contributed by atoms with Gasteiger partial charge in [0.05, 0.1) is 6.20 Å². The summed E-state index contributed by atoms with van der Waals surface area (Å²) in [5.74, 6) is -2.34. The number of anilines is 1. The number of H-pyrrole nitrogens is 1. The first-order valence-electron chi connectivity index (χ1n) is 4.85. The molecule has 88 valence electrons. The summed E-state index contributed by atoms with van der Waals surface area (Å²) < 4.78 is 26.6. The third-order valence-corrected chi connectivity index (χ3v) is 2.26. The Labute approximate surface area is 95.7 Å². The van der Waals surface area contributed by atoms with Crippen molar-refractivity contribution in [3.8, 4) is 0 Å². The van der Waals surface area contributed by atoms with E-state index >= 15 is 0 Å². The molecule has 0 saturated carbocycles. The molecule has 0 atom stereocenters. The second kappa shape index (κ2) is 4.32. The van der Waals surface area contributed by atoms with Crippen LogP contribution in [0.1, 0.15) is 15.9 Å². The molecule has 2 rings (SSSR count). The summed E-state index contributed by atoms with van der Waals surface area (Å²) in [6.07, 6.45) is 1.49. The highest BCUT2D eigenvalue weighted by Gasteiger charge is 2.17. The molecule has 1 heterocycles. The summed E-state index contributed by atoms with van der Waals surface area (Å²) in [5.41, 5.74) is 0.0663. The fraction of sp³-hybridized carbons (Fsp3) is 0.0909. The van der Waals surface area contributed by atoms with Crippen molar-refractivity contribution in [2.45, 2.75) is 6.92 Å². The van der Waals surface area contributed by atoms with Crippen molar-refractivity contribution in [3.63, 3.8) is 0 Å². The van der Waals surface area contributed by atoms with Crippen molar-refractivity contribution in [2.24, 2.45) is 0 Å². The standard InChI is InChI=1S/C11H9F2N3O/c1-6-5-14-16-10(6)15-11(17)9-7(12)3-2-4-8(9)13/h2-5H,1H3,(H2,14,15,16,17). The van der Waals surface area contributed by atoms with Crippen LogP contribution in [0.3, 0.4) is 0 Å². The van der Waals surface area contributed by atoms with Gasteiger partial charge in [-0.15, -0.1) is 0 Å². The molecule has 0 aliphatic heterocycles. The number of rotatable bonds is 2. The molecule has 0 saturated heterocycles. The lowest BCUT2D eigenvalue weighted by atomic mass is 10.2. The summed E-state index contributed by atoms with van der Waals surface area (Å²) in [6, 6.07) is 3.25. The highest BCUT2D eigenvalue weighted by atomic mass is 19.1. The number of halogens is 2. The van der Waals surface area contributed by atoms with Gasteiger partial charge in [-0.3, -0.25) is 9.89 Å². The van der Waals surface area contributed by atoms with Crippen LogP contribution in [0, 0.1) is 18.6 Å². The lowest BCUT2D eigenvalue weighted by molar-refractivity contribution is 0.101.